The molecule has 9 aromatic rings. The molecule has 1 aliphatic carbocycles. The van der Waals surface area contributed by atoms with Gasteiger partial charge in [0.15, 0.2) is 0 Å². The summed E-state index contributed by atoms with van der Waals surface area (Å²) in [5.41, 5.74) is 1.20. The van der Waals surface area contributed by atoms with Crippen molar-refractivity contribution in [3.63, 3.8) is 0 Å². The zero-order valence-electron chi connectivity index (χ0n) is 47.3. The molecular formula is C55H41N. The van der Waals surface area contributed by atoms with Gasteiger partial charge < -0.3 is 4.90 Å². The lowest BCUT2D eigenvalue weighted by Gasteiger charge is -2.27. The van der Waals surface area contributed by atoms with Crippen molar-refractivity contribution in [3.05, 3.63) is 223 Å². The van der Waals surface area contributed by atoms with Crippen LogP contribution in [0.4, 0.5) is 17.1 Å². The number of fused-ring (bicyclic) bond motifs is 4. The van der Waals surface area contributed by atoms with Crippen LogP contribution in [0.5, 0.6) is 0 Å². The molecule has 0 unspecified atom stereocenters. The first kappa shape index (κ1) is 20.1. The summed E-state index contributed by atoms with van der Waals surface area (Å²) in [5, 5.41) is 1.90. The van der Waals surface area contributed by atoms with Gasteiger partial charge in [-0.25, -0.2) is 0 Å². The minimum atomic E-state index is -0.979. The van der Waals surface area contributed by atoms with E-state index >= 15 is 0 Å². The predicted octanol–water partition coefficient (Wildman–Crippen LogP) is 15.3. The molecule has 1 heteroatoms. The fraction of sp³-hybridized carbons (Fsp3) is 0.0545. The number of hydrogen-bond acceptors (Lipinski definition) is 1. The van der Waals surface area contributed by atoms with Crippen LogP contribution >= 0.6 is 0 Å². The Kier molecular flexibility index (Phi) is 4.92. The molecule has 0 N–H and O–H groups in total. The predicted molar refractivity (Wildman–Crippen MR) is 238 cm³/mol. The Labute approximate surface area is 353 Å². The van der Waals surface area contributed by atoms with Gasteiger partial charge in [-0.05, 0) is 120 Å². The molecule has 0 aliphatic heterocycles. The van der Waals surface area contributed by atoms with Gasteiger partial charge in [-0.2, -0.15) is 0 Å². The Hall–Kier alpha value is -6.96. The summed E-state index contributed by atoms with van der Waals surface area (Å²) in [7, 11) is 0. The summed E-state index contributed by atoms with van der Waals surface area (Å²) in [6.45, 7) is 3.99. The second-order valence-electron chi connectivity index (χ2n) is 14.0. The molecule has 0 radical (unpaired) electrons. The van der Waals surface area contributed by atoms with Crippen molar-refractivity contribution < 1.29 is 23.3 Å². The largest absolute Gasteiger partial charge is 0.311 e. The van der Waals surface area contributed by atoms with Crippen LogP contribution in [0.15, 0.2) is 212 Å². The molecular weight excluding hydrogens is 675 g/mol. The maximum absolute atomic E-state index is 9.74. The number of anilines is 3. The second-order valence-corrected chi connectivity index (χ2v) is 14.0. The summed E-state index contributed by atoms with van der Waals surface area (Å²) in [6.07, 6.45) is 0. The average Bonchev–Trinajstić information content (AvgIpc) is 3.62. The molecule has 0 fully saturated rings. The summed E-state index contributed by atoms with van der Waals surface area (Å²) in [5.74, 6) is 0. The molecule has 0 bridgehead atoms. The van der Waals surface area contributed by atoms with E-state index in [-0.39, 0.29) is 11.1 Å². The van der Waals surface area contributed by atoms with E-state index in [1.807, 2.05) is 92.7 Å². The molecule has 9 aromatic carbocycles. The smallest absolute Gasteiger partial charge is 0.0645 e. The fourth-order valence-electron chi connectivity index (χ4n) is 7.74. The highest BCUT2D eigenvalue weighted by molar-refractivity contribution is 5.97. The maximum atomic E-state index is 9.74. The Morgan fingerprint density at radius 1 is 0.393 bits per heavy atom. The lowest BCUT2D eigenvalue weighted by atomic mass is 9.79. The summed E-state index contributed by atoms with van der Waals surface area (Å²) < 4.78 is 157. The van der Waals surface area contributed by atoms with E-state index in [1.54, 1.807) is 30.3 Å². The number of hydrogen-bond donors (Lipinski definition) is 0. The fourth-order valence-corrected chi connectivity index (χ4v) is 7.74. The van der Waals surface area contributed by atoms with E-state index in [0.717, 1.165) is 38.6 Å². The first-order chi connectivity index (χ1) is 34.6. The molecule has 1 aliphatic rings. The van der Waals surface area contributed by atoms with E-state index < -0.39 is 136 Å². The normalized spacial score (nSPS) is 16.9. The van der Waals surface area contributed by atoms with Crippen molar-refractivity contribution >= 4 is 27.8 Å². The molecule has 0 atom stereocenters. The minimum Gasteiger partial charge on any atom is -0.311 e. The molecule has 0 amide bonds. The van der Waals surface area contributed by atoms with Gasteiger partial charge in [-0.1, -0.05) is 183 Å². The van der Waals surface area contributed by atoms with E-state index in [9.17, 15) is 16.4 Å². The lowest BCUT2D eigenvalue weighted by molar-refractivity contribution is 0.662. The lowest BCUT2D eigenvalue weighted by Crippen LogP contribution is -2.16. The molecule has 56 heavy (non-hydrogen) atoms. The monoisotopic (exact) mass is 732 g/mol. The van der Waals surface area contributed by atoms with E-state index in [4.69, 9.17) is 6.85 Å². The number of rotatable bonds is 7. The Bertz CT molecular complexity index is 3760. The minimum absolute atomic E-state index is 0.103. The number of nitrogens with zero attached hydrogens (tertiary/aromatic N) is 1. The van der Waals surface area contributed by atoms with Crippen molar-refractivity contribution in [2.45, 2.75) is 19.3 Å². The standard InChI is InChI=1S/C55H41N/c1-55(2)53-24-9-8-20-51(53)52-23-12-22-50(54(52)55)42-29-35-47(36-30-42)56(45-31-25-39(26-32-45)38-13-4-3-5-14-38)46-33-27-40(28-34-46)43-17-10-18-44(37-43)49-21-11-16-41-15-6-7-19-48(41)49/h3-37H,1-2H3/i3D,4D,5D,13D,14D,25D,26D,27D,28D,29D,30D,31D,32D,33D,34D,35D,36D. The number of benzene rings is 9. The molecule has 0 heterocycles. The first-order valence-corrected chi connectivity index (χ1v) is 18.1. The average molecular weight is 733 g/mol. The highest BCUT2D eigenvalue weighted by Crippen LogP contribution is 2.52. The summed E-state index contributed by atoms with van der Waals surface area (Å²) in [6, 6.07) is 20.2. The second kappa shape index (κ2) is 13.7. The molecule has 266 valence electrons. The van der Waals surface area contributed by atoms with Crippen LogP contribution in [0.2, 0.25) is 0 Å². The molecule has 1 nitrogen and oxygen atoms in total. The SMILES string of the molecule is [2H]c1c([2H])c([2H])c(-c2c([2H])c([2H])c(N(c3c([2H])c([2H])c(-c4cccc(-c5cccc6ccccc56)c4)c([2H])c3[2H])c3c([2H])c([2H])c(-c4cccc5c4C(C)(C)c4ccccc4-5)c([2H])c3[2H])c([2H])c2[2H])c([2H])c1[2H]. The van der Waals surface area contributed by atoms with Crippen LogP contribution in [-0.2, 0) is 5.41 Å². The van der Waals surface area contributed by atoms with E-state index in [2.05, 4.69) is 0 Å². The van der Waals surface area contributed by atoms with Gasteiger partial charge in [0.25, 0.3) is 0 Å². The third kappa shape index (κ3) is 5.81. The summed E-state index contributed by atoms with van der Waals surface area (Å²) in [4.78, 5) is 0.698. The van der Waals surface area contributed by atoms with Gasteiger partial charge in [0.1, 0.15) is 0 Å². The zero-order valence-corrected chi connectivity index (χ0v) is 30.3. The van der Waals surface area contributed by atoms with Crippen LogP contribution < -0.4 is 4.90 Å². The van der Waals surface area contributed by atoms with Crippen LogP contribution in [0.3, 0.4) is 0 Å². The van der Waals surface area contributed by atoms with Crippen molar-refractivity contribution in [1.82, 2.24) is 0 Å². The van der Waals surface area contributed by atoms with Gasteiger partial charge in [0.2, 0.25) is 0 Å². The zero-order chi connectivity index (χ0) is 52.4. The van der Waals surface area contributed by atoms with Crippen molar-refractivity contribution in [1.29, 1.82) is 0 Å². The molecule has 0 aromatic heterocycles. The van der Waals surface area contributed by atoms with Gasteiger partial charge in [-0.15, -0.1) is 0 Å². The van der Waals surface area contributed by atoms with Crippen molar-refractivity contribution in [2.75, 3.05) is 4.90 Å². The quantitative estimate of drug-likeness (QED) is 0.158. The molecule has 0 saturated heterocycles. The summed E-state index contributed by atoms with van der Waals surface area (Å²) >= 11 is 0. The molecule has 0 spiro atoms. The van der Waals surface area contributed by atoms with Crippen LogP contribution in [0, 0.1) is 0 Å². The van der Waals surface area contributed by atoms with Crippen LogP contribution in [-0.4, -0.2) is 0 Å². The third-order valence-corrected chi connectivity index (χ3v) is 10.4. The highest BCUT2D eigenvalue weighted by Gasteiger charge is 2.37. The Balaban J connectivity index is 1.26. The van der Waals surface area contributed by atoms with Gasteiger partial charge in [0.05, 0.1) is 23.3 Å². The van der Waals surface area contributed by atoms with Crippen LogP contribution in [0.1, 0.15) is 48.3 Å². The Morgan fingerprint density at radius 2 is 0.893 bits per heavy atom. The molecule has 0 saturated carbocycles. The Morgan fingerprint density at radius 3 is 1.62 bits per heavy atom. The van der Waals surface area contributed by atoms with E-state index in [1.165, 1.54) is 0 Å². The third-order valence-electron chi connectivity index (χ3n) is 10.4. The highest BCUT2D eigenvalue weighted by atomic mass is 15.1. The molecule has 10 rings (SSSR count). The van der Waals surface area contributed by atoms with Gasteiger partial charge in [-0.3, -0.25) is 0 Å². The van der Waals surface area contributed by atoms with E-state index in [0.29, 0.717) is 21.6 Å². The first-order valence-electron chi connectivity index (χ1n) is 26.6. The van der Waals surface area contributed by atoms with Gasteiger partial charge >= 0.3 is 0 Å². The van der Waals surface area contributed by atoms with Gasteiger partial charge in [0, 0.05) is 22.5 Å². The topological polar surface area (TPSA) is 3.24 Å². The van der Waals surface area contributed by atoms with Crippen molar-refractivity contribution in [3.8, 4) is 55.6 Å². The van der Waals surface area contributed by atoms with Crippen LogP contribution in [0.25, 0.3) is 66.4 Å². The van der Waals surface area contributed by atoms with Crippen molar-refractivity contribution in [2.24, 2.45) is 0 Å². The maximum Gasteiger partial charge on any atom is 0.0645 e.